The first-order chi connectivity index (χ1) is 11.8. The second kappa shape index (κ2) is 5.86. The third-order valence-electron chi connectivity index (χ3n) is 6.13. The summed E-state index contributed by atoms with van der Waals surface area (Å²) in [5, 5.41) is -0.139. The van der Waals surface area contributed by atoms with Gasteiger partial charge in [0.25, 0.3) is 0 Å². The number of rotatable bonds is 4. The maximum Gasteiger partial charge on any atom is 0.416 e. The molecule has 3 rings (SSSR count). The lowest BCUT2D eigenvalue weighted by molar-refractivity contribution is -0.137. The van der Waals surface area contributed by atoms with Gasteiger partial charge in [-0.2, -0.15) is 13.2 Å². The summed E-state index contributed by atoms with van der Waals surface area (Å²) < 4.78 is 66.1. The zero-order valence-electron chi connectivity index (χ0n) is 14.3. The van der Waals surface area contributed by atoms with E-state index in [1.807, 2.05) is 13.8 Å². The molecule has 2 aliphatic carbocycles. The first kappa shape index (κ1) is 19.5. The fraction of sp³-hybridized carbons (Fsp3) is 0.588. The molecule has 0 aromatic heterocycles. The van der Waals surface area contributed by atoms with Crippen LogP contribution in [0.3, 0.4) is 0 Å². The quantitative estimate of drug-likeness (QED) is 0.796. The van der Waals surface area contributed by atoms with Crippen LogP contribution in [0.1, 0.15) is 38.7 Å². The topological polar surface area (TPSA) is 63.2 Å². The molecule has 0 radical (unpaired) electrons. The standard InChI is InChI=1S/C17H19ClF3NO3S/c1-15(2)10-5-6-16(15,14(23)8-10)9-26(24,25)22-13-7-11(17(19,20)21)3-4-12(13)18/h3-4,7,10,22H,5-6,8-9H2,1-2H3. The van der Waals surface area contributed by atoms with Gasteiger partial charge in [-0.1, -0.05) is 25.4 Å². The molecule has 2 saturated carbocycles. The zero-order valence-corrected chi connectivity index (χ0v) is 15.9. The van der Waals surface area contributed by atoms with Crippen molar-refractivity contribution in [1.29, 1.82) is 0 Å². The Hall–Kier alpha value is -1.28. The number of alkyl halides is 3. The van der Waals surface area contributed by atoms with E-state index in [0.29, 0.717) is 18.9 Å². The molecular formula is C17H19ClF3NO3S. The zero-order chi connectivity index (χ0) is 19.5. The molecule has 26 heavy (non-hydrogen) atoms. The molecule has 0 amide bonds. The van der Waals surface area contributed by atoms with Gasteiger partial charge in [-0.05, 0) is 42.4 Å². The molecule has 1 aromatic rings. The first-order valence-corrected chi connectivity index (χ1v) is 10.2. The molecule has 0 spiro atoms. The van der Waals surface area contributed by atoms with Gasteiger partial charge in [0.1, 0.15) is 5.78 Å². The maximum atomic E-state index is 12.9. The number of anilines is 1. The summed E-state index contributed by atoms with van der Waals surface area (Å²) in [7, 11) is -4.07. The van der Waals surface area contributed by atoms with Crippen LogP contribution in [0.5, 0.6) is 0 Å². The second-order valence-electron chi connectivity index (χ2n) is 7.72. The predicted molar refractivity (Wildman–Crippen MR) is 92.4 cm³/mol. The molecule has 2 unspecified atom stereocenters. The number of halogens is 4. The Labute approximate surface area is 155 Å². The fourth-order valence-corrected chi connectivity index (χ4v) is 6.54. The highest BCUT2D eigenvalue weighted by Gasteiger charge is 2.65. The van der Waals surface area contributed by atoms with Crippen LogP contribution in [0.4, 0.5) is 18.9 Å². The van der Waals surface area contributed by atoms with Crippen molar-refractivity contribution in [2.75, 3.05) is 10.5 Å². The van der Waals surface area contributed by atoms with Gasteiger partial charge in [0, 0.05) is 6.42 Å². The summed E-state index contributed by atoms with van der Waals surface area (Å²) in [6.07, 6.45) is -3.02. The van der Waals surface area contributed by atoms with Crippen molar-refractivity contribution in [3.05, 3.63) is 28.8 Å². The number of nitrogens with one attached hydrogen (secondary N) is 1. The number of sulfonamides is 1. The molecular weight excluding hydrogens is 391 g/mol. The van der Waals surface area contributed by atoms with Crippen LogP contribution in [0, 0.1) is 16.7 Å². The van der Waals surface area contributed by atoms with E-state index >= 15 is 0 Å². The van der Waals surface area contributed by atoms with Gasteiger partial charge in [-0.3, -0.25) is 9.52 Å². The van der Waals surface area contributed by atoms with Crippen LogP contribution in [-0.4, -0.2) is 20.0 Å². The highest BCUT2D eigenvalue weighted by Crippen LogP contribution is 2.64. The highest BCUT2D eigenvalue weighted by molar-refractivity contribution is 7.92. The van der Waals surface area contributed by atoms with Gasteiger partial charge >= 0.3 is 6.18 Å². The molecule has 9 heteroatoms. The average molecular weight is 410 g/mol. The molecule has 0 aliphatic heterocycles. The van der Waals surface area contributed by atoms with E-state index in [0.717, 1.165) is 18.6 Å². The molecule has 0 heterocycles. The third-order valence-corrected chi connectivity index (χ3v) is 7.87. The molecule has 4 nitrogen and oxygen atoms in total. The smallest absolute Gasteiger partial charge is 0.299 e. The minimum atomic E-state index is -4.62. The predicted octanol–water partition coefficient (Wildman–Crippen LogP) is 4.50. The number of hydrogen-bond donors (Lipinski definition) is 1. The minimum Gasteiger partial charge on any atom is -0.299 e. The number of ketones is 1. The molecule has 2 aliphatic rings. The van der Waals surface area contributed by atoms with Gasteiger partial charge < -0.3 is 0 Å². The van der Waals surface area contributed by atoms with E-state index in [1.165, 1.54) is 0 Å². The van der Waals surface area contributed by atoms with E-state index in [9.17, 15) is 26.4 Å². The van der Waals surface area contributed by atoms with E-state index < -0.39 is 38.3 Å². The van der Waals surface area contributed by atoms with Gasteiger partial charge in [-0.25, -0.2) is 8.42 Å². The van der Waals surface area contributed by atoms with Crippen molar-refractivity contribution in [1.82, 2.24) is 0 Å². The summed E-state index contributed by atoms with van der Waals surface area (Å²) in [6.45, 7) is 3.78. The summed E-state index contributed by atoms with van der Waals surface area (Å²) in [4.78, 5) is 12.5. The molecule has 2 fully saturated rings. The average Bonchev–Trinajstić information content (AvgIpc) is 2.81. The number of hydrogen-bond acceptors (Lipinski definition) is 3. The summed E-state index contributed by atoms with van der Waals surface area (Å²) >= 11 is 5.87. The molecule has 1 aromatic carbocycles. The van der Waals surface area contributed by atoms with E-state index in [4.69, 9.17) is 11.6 Å². The van der Waals surface area contributed by atoms with Crippen LogP contribution in [-0.2, 0) is 21.0 Å². The highest BCUT2D eigenvalue weighted by atomic mass is 35.5. The Morgan fingerprint density at radius 2 is 1.96 bits per heavy atom. The van der Waals surface area contributed by atoms with E-state index in [-0.39, 0.29) is 22.4 Å². The summed E-state index contributed by atoms with van der Waals surface area (Å²) in [5.41, 5.74) is -2.81. The van der Waals surface area contributed by atoms with Gasteiger partial charge in [0.15, 0.2) is 0 Å². The van der Waals surface area contributed by atoms with Crippen molar-refractivity contribution < 1.29 is 26.4 Å². The van der Waals surface area contributed by atoms with Gasteiger partial charge in [0.05, 0.1) is 27.4 Å². The van der Waals surface area contributed by atoms with Crippen LogP contribution in [0.2, 0.25) is 5.02 Å². The van der Waals surface area contributed by atoms with Gasteiger partial charge in [-0.15, -0.1) is 0 Å². The Bertz CT molecular complexity index is 866. The third kappa shape index (κ3) is 3.01. The summed E-state index contributed by atoms with van der Waals surface area (Å²) in [6, 6.07) is 2.44. The van der Waals surface area contributed by atoms with Crippen LogP contribution < -0.4 is 4.72 Å². The Morgan fingerprint density at radius 3 is 2.46 bits per heavy atom. The number of benzene rings is 1. The van der Waals surface area contributed by atoms with Crippen molar-refractivity contribution in [2.45, 2.75) is 39.3 Å². The fourth-order valence-electron chi connectivity index (χ4n) is 4.42. The van der Waals surface area contributed by atoms with E-state index in [2.05, 4.69) is 4.72 Å². The lowest BCUT2D eigenvalue weighted by Crippen LogP contribution is -2.43. The molecule has 2 atom stereocenters. The molecule has 0 saturated heterocycles. The van der Waals surface area contributed by atoms with Crippen molar-refractivity contribution in [2.24, 2.45) is 16.7 Å². The van der Waals surface area contributed by atoms with Crippen LogP contribution in [0.25, 0.3) is 0 Å². The van der Waals surface area contributed by atoms with Crippen LogP contribution >= 0.6 is 11.6 Å². The number of carbonyl (C=O) groups excluding carboxylic acids is 1. The second-order valence-corrected chi connectivity index (χ2v) is 9.85. The monoisotopic (exact) mass is 409 g/mol. The lowest BCUT2D eigenvalue weighted by Gasteiger charge is -2.36. The maximum absolute atomic E-state index is 12.9. The lowest BCUT2D eigenvalue weighted by atomic mass is 9.70. The Morgan fingerprint density at radius 1 is 1.31 bits per heavy atom. The van der Waals surface area contributed by atoms with Crippen molar-refractivity contribution in [3.8, 4) is 0 Å². The van der Waals surface area contributed by atoms with Crippen molar-refractivity contribution in [3.63, 3.8) is 0 Å². The first-order valence-electron chi connectivity index (χ1n) is 8.19. The molecule has 144 valence electrons. The van der Waals surface area contributed by atoms with Crippen LogP contribution in [0.15, 0.2) is 18.2 Å². The SMILES string of the molecule is CC1(C)C2CCC1(CS(=O)(=O)Nc1cc(C(F)(F)F)ccc1Cl)C(=O)C2. The van der Waals surface area contributed by atoms with Gasteiger partial charge in [0.2, 0.25) is 10.0 Å². The normalized spacial score (nSPS) is 27.8. The van der Waals surface area contributed by atoms with E-state index in [1.54, 1.807) is 0 Å². The largest absolute Gasteiger partial charge is 0.416 e. The number of fused-ring (bicyclic) bond motifs is 2. The number of carbonyl (C=O) groups is 1. The molecule has 1 N–H and O–H groups in total. The Balaban J connectivity index is 1.90. The minimum absolute atomic E-state index is 0.0840. The molecule has 2 bridgehead atoms. The Kier molecular flexibility index (Phi) is 4.39. The van der Waals surface area contributed by atoms with Crippen molar-refractivity contribution >= 4 is 33.1 Å². The number of Topliss-reactive ketones (excluding diaryl/α,β-unsaturated/α-hetero) is 1. The summed E-state index contributed by atoms with van der Waals surface area (Å²) in [5.74, 6) is -0.392.